The van der Waals surface area contributed by atoms with E-state index in [1.54, 1.807) is 7.11 Å². The van der Waals surface area contributed by atoms with Gasteiger partial charge in [-0.05, 0) is 29.8 Å². The Balaban J connectivity index is 0.00000225. The van der Waals surface area contributed by atoms with Crippen LogP contribution in [0.4, 0.5) is 5.69 Å². The van der Waals surface area contributed by atoms with E-state index in [1.165, 1.54) is 32.6 Å². The summed E-state index contributed by atoms with van der Waals surface area (Å²) in [5.41, 5.74) is 5.89. The van der Waals surface area contributed by atoms with Crippen molar-refractivity contribution in [2.45, 2.75) is 18.7 Å². The first kappa shape index (κ1) is 20.7. The number of aryl methyl sites for hydroxylation is 2. The Morgan fingerprint density at radius 1 is 0.964 bits per heavy atom. The number of halogens is 1. The molecule has 144 valence electrons. The lowest BCUT2D eigenvalue weighted by atomic mass is 10.1. The van der Waals surface area contributed by atoms with Gasteiger partial charge in [0.2, 0.25) is 0 Å². The molecule has 0 amide bonds. The van der Waals surface area contributed by atoms with E-state index in [0.717, 1.165) is 11.4 Å². The Labute approximate surface area is 188 Å². The molecule has 0 fully saturated rings. The molecule has 0 bridgehead atoms. The summed E-state index contributed by atoms with van der Waals surface area (Å²) in [4.78, 5) is 3.56. The van der Waals surface area contributed by atoms with E-state index >= 15 is 0 Å². The Morgan fingerprint density at radius 2 is 1.61 bits per heavy atom. The molecule has 2 heterocycles. The maximum atomic E-state index is 5.55. The molecule has 3 aromatic rings. The highest BCUT2D eigenvalue weighted by atomic mass is 127. The van der Waals surface area contributed by atoms with Gasteiger partial charge in [0.15, 0.2) is 17.1 Å². The number of benzene rings is 2. The van der Waals surface area contributed by atoms with Crippen molar-refractivity contribution in [2.75, 3.05) is 19.1 Å². The second-order valence-electron chi connectivity index (χ2n) is 6.69. The molecule has 3 nitrogen and oxygen atoms in total. The van der Waals surface area contributed by atoms with Gasteiger partial charge in [-0.1, -0.05) is 36.0 Å². The number of methoxy groups -OCH3 is 1. The predicted octanol–water partition coefficient (Wildman–Crippen LogP) is 2.13. The molecule has 0 atom stereocenters. The average molecular weight is 502 g/mol. The molecule has 0 saturated carbocycles. The van der Waals surface area contributed by atoms with Gasteiger partial charge in [-0.2, -0.15) is 4.57 Å². The third-order valence-electron chi connectivity index (χ3n) is 4.84. The minimum atomic E-state index is 0. The molecule has 1 aliphatic heterocycles. The highest BCUT2D eigenvalue weighted by Gasteiger charge is 2.23. The minimum Gasteiger partial charge on any atom is -1.00 e. The van der Waals surface area contributed by atoms with Gasteiger partial charge in [-0.3, -0.25) is 0 Å². The molecule has 1 aliphatic rings. The normalized spacial score (nSPS) is 14.0. The number of anilines is 1. The number of thioether (sulfide) groups is 1. The molecular weight excluding hydrogens is 479 g/mol. The lowest BCUT2D eigenvalue weighted by Gasteiger charge is -2.13. The average Bonchev–Trinajstić information content (AvgIpc) is 2.97. The molecule has 0 N–H and O–H groups in total. The second-order valence-corrected chi connectivity index (χ2v) is 7.75. The molecule has 0 spiro atoms. The van der Waals surface area contributed by atoms with Gasteiger partial charge in [-0.15, -0.1) is 0 Å². The first-order valence-electron chi connectivity index (χ1n) is 8.97. The molecule has 5 heteroatoms. The standard InChI is InChI=1S/C23H23N2OS.HI/c1-16-13-18(15-23-24(3)20-10-6-8-12-22(20)27-23)14-17(2)25(16)19-9-5-7-11-21(19)26-4;/h5-15H,1-4H3;1H/q+1;/p-1. The van der Waals surface area contributed by atoms with Crippen molar-refractivity contribution in [1.82, 2.24) is 0 Å². The Kier molecular flexibility index (Phi) is 6.35. The fourth-order valence-electron chi connectivity index (χ4n) is 3.60. The van der Waals surface area contributed by atoms with E-state index < -0.39 is 0 Å². The van der Waals surface area contributed by atoms with E-state index in [9.17, 15) is 0 Å². The summed E-state index contributed by atoms with van der Waals surface area (Å²) in [6, 6.07) is 21.1. The van der Waals surface area contributed by atoms with Crippen LogP contribution in [0, 0.1) is 13.8 Å². The van der Waals surface area contributed by atoms with Crippen LogP contribution in [0.3, 0.4) is 0 Å². The zero-order chi connectivity index (χ0) is 19.0. The number of hydrogen-bond acceptors (Lipinski definition) is 3. The Bertz CT molecular complexity index is 1030. The maximum absolute atomic E-state index is 5.55. The highest BCUT2D eigenvalue weighted by Crippen LogP contribution is 2.45. The third-order valence-corrected chi connectivity index (χ3v) is 6.01. The molecule has 1 aromatic heterocycles. The van der Waals surface area contributed by atoms with Crippen LogP contribution >= 0.6 is 11.8 Å². The fourth-order valence-corrected chi connectivity index (χ4v) is 4.71. The number of rotatable bonds is 3. The smallest absolute Gasteiger partial charge is 0.253 e. The molecule has 0 unspecified atom stereocenters. The summed E-state index contributed by atoms with van der Waals surface area (Å²) in [6.07, 6.45) is 2.26. The van der Waals surface area contributed by atoms with E-state index in [1.807, 2.05) is 30.0 Å². The lowest BCUT2D eigenvalue weighted by molar-refractivity contribution is -0.610. The largest absolute Gasteiger partial charge is 1.00 e. The van der Waals surface area contributed by atoms with Crippen LogP contribution in [0.5, 0.6) is 5.75 Å². The molecule has 0 saturated heterocycles. The second kappa shape index (κ2) is 8.57. The van der Waals surface area contributed by atoms with Gasteiger partial charge in [0, 0.05) is 44.0 Å². The summed E-state index contributed by atoms with van der Waals surface area (Å²) in [7, 11) is 3.84. The maximum Gasteiger partial charge on any atom is 0.253 e. The first-order chi connectivity index (χ1) is 13.1. The number of hydrogen-bond donors (Lipinski definition) is 0. The number of pyridine rings is 1. The summed E-state index contributed by atoms with van der Waals surface area (Å²) >= 11 is 1.82. The highest BCUT2D eigenvalue weighted by molar-refractivity contribution is 8.03. The van der Waals surface area contributed by atoms with Crippen molar-refractivity contribution in [3.8, 4) is 11.4 Å². The zero-order valence-electron chi connectivity index (χ0n) is 16.4. The van der Waals surface area contributed by atoms with Gasteiger partial charge >= 0.3 is 0 Å². The molecule has 28 heavy (non-hydrogen) atoms. The van der Waals surface area contributed by atoms with Crippen LogP contribution in [-0.4, -0.2) is 14.2 Å². The number of fused-ring (bicyclic) bond motifs is 1. The number of aromatic nitrogens is 1. The van der Waals surface area contributed by atoms with Gasteiger partial charge < -0.3 is 33.6 Å². The molecule has 4 rings (SSSR count). The number of para-hydroxylation sites is 3. The molecule has 0 aliphatic carbocycles. The van der Waals surface area contributed by atoms with Crippen LogP contribution in [-0.2, 0) is 0 Å². The van der Waals surface area contributed by atoms with Gasteiger partial charge in [0.1, 0.15) is 0 Å². The monoisotopic (exact) mass is 502 g/mol. The quantitative estimate of drug-likeness (QED) is 0.404. The first-order valence-corrected chi connectivity index (χ1v) is 9.79. The van der Waals surface area contributed by atoms with Crippen LogP contribution < -0.4 is 38.2 Å². The molecule has 2 aromatic carbocycles. The SMILES string of the molecule is COc1ccccc1-[n+]1c(C)cc(/C=C2\Sc3ccccc3N2C)cc1C.[I-]. The van der Waals surface area contributed by atoms with Crippen molar-refractivity contribution in [3.63, 3.8) is 0 Å². The third kappa shape index (κ3) is 3.78. The topological polar surface area (TPSA) is 16.4 Å². The fraction of sp³-hybridized carbons (Fsp3) is 0.174. The summed E-state index contributed by atoms with van der Waals surface area (Å²) in [6.45, 7) is 4.28. The summed E-state index contributed by atoms with van der Waals surface area (Å²) in [5, 5.41) is 1.24. The minimum absolute atomic E-state index is 0. The van der Waals surface area contributed by atoms with Gasteiger partial charge in [-0.25, -0.2) is 0 Å². The zero-order valence-corrected chi connectivity index (χ0v) is 19.4. The van der Waals surface area contributed by atoms with Gasteiger partial charge in [0.25, 0.3) is 5.69 Å². The van der Waals surface area contributed by atoms with Crippen molar-refractivity contribution in [2.24, 2.45) is 0 Å². The predicted molar refractivity (Wildman–Crippen MR) is 113 cm³/mol. The van der Waals surface area contributed by atoms with E-state index in [4.69, 9.17) is 4.74 Å². The van der Waals surface area contributed by atoms with Crippen LogP contribution in [0.1, 0.15) is 17.0 Å². The van der Waals surface area contributed by atoms with Crippen LogP contribution in [0.2, 0.25) is 0 Å². The van der Waals surface area contributed by atoms with E-state index in [2.05, 4.69) is 78.9 Å². The summed E-state index contributed by atoms with van der Waals surface area (Å²) in [5.74, 6) is 0.876. The van der Waals surface area contributed by atoms with Crippen molar-refractivity contribution < 1.29 is 33.3 Å². The Morgan fingerprint density at radius 3 is 2.29 bits per heavy atom. The van der Waals surface area contributed by atoms with E-state index in [0.29, 0.717) is 0 Å². The Hall–Kier alpha value is -1.99. The lowest BCUT2D eigenvalue weighted by Crippen LogP contribution is -3.00. The van der Waals surface area contributed by atoms with Crippen LogP contribution in [0.15, 0.2) is 70.6 Å². The number of ether oxygens (including phenoxy) is 1. The number of nitrogens with zero attached hydrogens (tertiary/aromatic N) is 2. The molecule has 0 radical (unpaired) electrons. The summed E-state index contributed by atoms with van der Waals surface area (Å²) < 4.78 is 7.79. The van der Waals surface area contributed by atoms with Crippen molar-refractivity contribution >= 4 is 23.5 Å². The molecular formula is C23H23IN2OS. The van der Waals surface area contributed by atoms with Crippen molar-refractivity contribution in [1.29, 1.82) is 0 Å². The van der Waals surface area contributed by atoms with Gasteiger partial charge in [0.05, 0.1) is 17.8 Å². The van der Waals surface area contributed by atoms with Crippen LogP contribution in [0.25, 0.3) is 11.8 Å². The van der Waals surface area contributed by atoms with E-state index in [-0.39, 0.29) is 24.0 Å². The van der Waals surface area contributed by atoms with Crippen molar-refractivity contribution in [3.05, 3.63) is 82.6 Å².